The van der Waals surface area contributed by atoms with Crippen LogP contribution in [0.4, 0.5) is 0 Å². The van der Waals surface area contributed by atoms with Gasteiger partial charge >= 0.3 is 0 Å². The SMILES string of the molecule is CCOc1cccc(CC(=O)N(C2CCNCC2)C2CC2)n1. The zero-order valence-corrected chi connectivity index (χ0v) is 13.3. The van der Waals surface area contributed by atoms with Crippen LogP contribution in [-0.4, -0.2) is 47.6 Å². The van der Waals surface area contributed by atoms with Crippen molar-refractivity contribution in [3.63, 3.8) is 0 Å². The van der Waals surface area contributed by atoms with Crippen LogP contribution < -0.4 is 10.1 Å². The Morgan fingerprint density at radius 3 is 2.68 bits per heavy atom. The van der Waals surface area contributed by atoms with Gasteiger partial charge in [0, 0.05) is 18.2 Å². The number of amides is 1. The minimum Gasteiger partial charge on any atom is -0.478 e. The van der Waals surface area contributed by atoms with Crippen LogP contribution in [0.2, 0.25) is 0 Å². The van der Waals surface area contributed by atoms with E-state index in [0.717, 1.165) is 44.5 Å². The van der Waals surface area contributed by atoms with Gasteiger partial charge in [0.25, 0.3) is 0 Å². The highest BCUT2D eigenvalue weighted by atomic mass is 16.5. The highest BCUT2D eigenvalue weighted by Crippen LogP contribution is 2.31. The summed E-state index contributed by atoms with van der Waals surface area (Å²) in [4.78, 5) is 19.4. The molecule has 1 aromatic heterocycles. The molecule has 1 amide bonds. The zero-order valence-electron chi connectivity index (χ0n) is 13.3. The number of hydrogen-bond donors (Lipinski definition) is 1. The highest BCUT2D eigenvalue weighted by molar-refractivity contribution is 5.79. The Morgan fingerprint density at radius 2 is 2.00 bits per heavy atom. The van der Waals surface area contributed by atoms with Crippen LogP contribution in [0.15, 0.2) is 18.2 Å². The van der Waals surface area contributed by atoms with E-state index in [1.165, 1.54) is 0 Å². The molecule has 1 aromatic rings. The molecule has 2 aliphatic rings. The van der Waals surface area contributed by atoms with E-state index in [4.69, 9.17) is 4.74 Å². The van der Waals surface area contributed by atoms with Crippen LogP contribution in [-0.2, 0) is 11.2 Å². The summed E-state index contributed by atoms with van der Waals surface area (Å²) < 4.78 is 5.42. The first-order valence-electron chi connectivity index (χ1n) is 8.38. The Hall–Kier alpha value is -1.62. The Balaban J connectivity index is 1.67. The Labute approximate surface area is 132 Å². The van der Waals surface area contributed by atoms with Gasteiger partial charge in [0.05, 0.1) is 18.7 Å². The fourth-order valence-corrected chi connectivity index (χ4v) is 3.17. The number of hydrogen-bond acceptors (Lipinski definition) is 4. The van der Waals surface area contributed by atoms with E-state index >= 15 is 0 Å². The number of carbonyl (C=O) groups excluding carboxylic acids is 1. The van der Waals surface area contributed by atoms with Crippen molar-refractivity contribution in [1.82, 2.24) is 15.2 Å². The summed E-state index contributed by atoms with van der Waals surface area (Å²) in [6.07, 6.45) is 4.81. The van der Waals surface area contributed by atoms with Crippen LogP contribution >= 0.6 is 0 Å². The first-order chi connectivity index (χ1) is 10.8. The smallest absolute Gasteiger partial charge is 0.229 e. The second kappa shape index (κ2) is 7.09. The number of rotatable bonds is 6. The van der Waals surface area contributed by atoms with E-state index in [9.17, 15) is 4.79 Å². The van der Waals surface area contributed by atoms with Gasteiger partial charge in [-0.2, -0.15) is 0 Å². The molecule has 120 valence electrons. The van der Waals surface area contributed by atoms with Crippen molar-refractivity contribution in [3.8, 4) is 5.88 Å². The van der Waals surface area contributed by atoms with E-state index in [0.29, 0.717) is 31.0 Å². The predicted molar refractivity (Wildman–Crippen MR) is 84.9 cm³/mol. The molecule has 0 radical (unpaired) electrons. The van der Waals surface area contributed by atoms with E-state index < -0.39 is 0 Å². The number of carbonyl (C=O) groups is 1. The lowest BCUT2D eigenvalue weighted by Gasteiger charge is -2.35. The minimum atomic E-state index is 0.218. The van der Waals surface area contributed by atoms with Crippen molar-refractivity contribution in [2.24, 2.45) is 0 Å². The summed E-state index contributed by atoms with van der Waals surface area (Å²) in [6.45, 7) is 4.55. The number of piperidine rings is 1. The van der Waals surface area contributed by atoms with Crippen LogP contribution in [0.1, 0.15) is 38.3 Å². The summed E-state index contributed by atoms with van der Waals surface area (Å²) in [6, 6.07) is 6.52. The largest absolute Gasteiger partial charge is 0.478 e. The minimum absolute atomic E-state index is 0.218. The van der Waals surface area contributed by atoms with Crippen LogP contribution in [0.25, 0.3) is 0 Å². The molecule has 2 heterocycles. The van der Waals surface area contributed by atoms with E-state index in [-0.39, 0.29) is 5.91 Å². The predicted octanol–water partition coefficient (Wildman–Crippen LogP) is 1.77. The summed E-state index contributed by atoms with van der Waals surface area (Å²) in [5, 5.41) is 3.37. The van der Waals surface area contributed by atoms with Gasteiger partial charge in [-0.25, -0.2) is 4.98 Å². The second-order valence-electron chi connectivity index (χ2n) is 6.09. The first kappa shape index (κ1) is 15.3. The normalized spacial score (nSPS) is 19.0. The second-order valence-corrected chi connectivity index (χ2v) is 6.09. The van der Waals surface area contributed by atoms with Gasteiger partial charge in [-0.15, -0.1) is 0 Å². The zero-order chi connectivity index (χ0) is 15.4. The molecular formula is C17H25N3O2. The van der Waals surface area contributed by atoms with Gasteiger partial charge in [-0.1, -0.05) is 6.07 Å². The Morgan fingerprint density at radius 1 is 1.27 bits per heavy atom. The van der Waals surface area contributed by atoms with Gasteiger partial charge in [0.2, 0.25) is 11.8 Å². The molecule has 0 aromatic carbocycles. The first-order valence-corrected chi connectivity index (χ1v) is 8.38. The average Bonchev–Trinajstić information content (AvgIpc) is 3.34. The molecule has 1 aliphatic carbocycles. The van der Waals surface area contributed by atoms with E-state index in [1.807, 2.05) is 25.1 Å². The molecule has 22 heavy (non-hydrogen) atoms. The molecule has 2 fully saturated rings. The van der Waals surface area contributed by atoms with Crippen LogP contribution in [0.5, 0.6) is 5.88 Å². The fraction of sp³-hybridized carbons (Fsp3) is 0.647. The van der Waals surface area contributed by atoms with E-state index in [2.05, 4.69) is 15.2 Å². The van der Waals surface area contributed by atoms with Crippen molar-refractivity contribution >= 4 is 5.91 Å². The Bertz CT molecular complexity index is 510. The van der Waals surface area contributed by atoms with Crippen molar-refractivity contribution in [2.75, 3.05) is 19.7 Å². The standard InChI is InChI=1S/C17H25N3O2/c1-2-22-16-5-3-4-13(19-16)12-17(21)20(14-6-7-14)15-8-10-18-11-9-15/h3-5,14-15,18H,2,6-12H2,1H3. The maximum Gasteiger partial charge on any atom is 0.229 e. The molecule has 1 N–H and O–H groups in total. The molecule has 0 spiro atoms. The molecule has 0 atom stereocenters. The van der Waals surface area contributed by atoms with Crippen LogP contribution in [0, 0.1) is 0 Å². The fourth-order valence-electron chi connectivity index (χ4n) is 3.17. The molecular weight excluding hydrogens is 278 g/mol. The lowest BCUT2D eigenvalue weighted by atomic mass is 10.0. The molecule has 1 saturated heterocycles. The monoisotopic (exact) mass is 303 g/mol. The summed E-state index contributed by atoms with van der Waals surface area (Å²) in [7, 11) is 0. The van der Waals surface area contributed by atoms with Crippen molar-refractivity contribution in [3.05, 3.63) is 23.9 Å². The molecule has 1 aliphatic heterocycles. The molecule has 0 unspecified atom stereocenters. The number of pyridine rings is 1. The Kier molecular flexibility index (Phi) is 4.93. The van der Waals surface area contributed by atoms with Crippen molar-refractivity contribution in [1.29, 1.82) is 0 Å². The average molecular weight is 303 g/mol. The maximum atomic E-state index is 12.8. The molecule has 1 saturated carbocycles. The van der Waals surface area contributed by atoms with Crippen LogP contribution in [0.3, 0.4) is 0 Å². The maximum absolute atomic E-state index is 12.8. The van der Waals surface area contributed by atoms with Gasteiger partial charge in [0.15, 0.2) is 0 Å². The third-order valence-electron chi connectivity index (χ3n) is 4.34. The summed E-state index contributed by atoms with van der Waals surface area (Å²) in [5.74, 6) is 0.822. The number of nitrogens with one attached hydrogen (secondary N) is 1. The molecule has 3 rings (SSSR count). The van der Waals surface area contributed by atoms with Gasteiger partial charge in [-0.3, -0.25) is 4.79 Å². The van der Waals surface area contributed by atoms with Crippen molar-refractivity contribution < 1.29 is 9.53 Å². The number of nitrogens with zero attached hydrogens (tertiary/aromatic N) is 2. The topological polar surface area (TPSA) is 54.5 Å². The molecule has 5 heteroatoms. The quantitative estimate of drug-likeness (QED) is 0.870. The van der Waals surface area contributed by atoms with Crippen molar-refractivity contribution in [2.45, 2.75) is 51.1 Å². The van der Waals surface area contributed by atoms with Gasteiger partial charge < -0.3 is 15.0 Å². The summed E-state index contributed by atoms with van der Waals surface area (Å²) in [5.41, 5.74) is 0.801. The number of aromatic nitrogens is 1. The van der Waals surface area contributed by atoms with Gasteiger partial charge in [0.1, 0.15) is 0 Å². The van der Waals surface area contributed by atoms with Gasteiger partial charge in [-0.05, 0) is 51.8 Å². The molecule has 5 nitrogen and oxygen atoms in total. The number of ether oxygens (including phenoxy) is 1. The lowest BCUT2D eigenvalue weighted by molar-refractivity contribution is -0.134. The molecule has 0 bridgehead atoms. The third-order valence-corrected chi connectivity index (χ3v) is 4.34. The highest BCUT2D eigenvalue weighted by Gasteiger charge is 2.37. The lowest BCUT2D eigenvalue weighted by Crippen LogP contribution is -2.47. The van der Waals surface area contributed by atoms with E-state index in [1.54, 1.807) is 0 Å². The summed E-state index contributed by atoms with van der Waals surface area (Å²) >= 11 is 0. The third kappa shape index (κ3) is 3.77.